The van der Waals surface area contributed by atoms with Crippen LogP contribution in [0.5, 0.6) is 5.75 Å². The minimum Gasteiger partial charge on any atom is -0.478 e. The summed E-state index contributed by atoms with van der Waals surface area (Å²) in [6.07, 6.45) is 1.71. The van der Waals surface area contributed by atoms with E-state index >= 15 is 0 Å². The largest absolute Gasteiger partial charge is 0.478 e. The van der Waals surface area contributed by atoms with E-state index < -0.39 is 18.4 Å². The van der Waals surface area contributed by atoms with Gasteiger partial charge in [-0.3, -0.25) is 0 Å². The monoisotopic (exact) mass is 246 g/mol. The van der Waals surface area contributed by atoms with Gasteiger partial charge in [-0.15, -0.1) is 0 Å². The molecule has 1 aromatic rings. The number of aryl methyl sites for hydroxylation is 1. The topological polar surface area (TPSA) is 46.5 Å². The summed E-state index contributed by atoms with van der Waals surface area (Å²) >= 11 is 0. The summed E-state index contributed by atoms with van der Waals surface area (Å²) in [4.78, 5) is 10.3. The molecule has 0 unspecified atom stereocenters. The van der Waals surface area contributed by atoms with Crippen LogP contribution in [-0.2, 0) is 4.79 Å². The van der Waals surface area contributed by atoms with Crippen LogP contribution < -0.4 is 4.74 Å². The molecule has 0 aliphatic heterocycles. The maximum atomic E-state index is 13.0. The molecule has 0 saturated carbocycles. The van der Waals surface area contributed by atoms with Crippen LogP contribution in [0.3, 0.4) is 0 Å². The number of hydrogen-bond donors (Lipinski definition) is 1. The average Bonchev–Trinajstić information content (AvgIpc) is 2.18. The Morgan fingerprint density at radius 3 is 2.65 bits per heavy atom. The number of carbonyl (C=O) groups is 1. The number of aliphatic carboxylic acids is 1. The van der Waals surface area contributed by atoms with E-state index in [0.29, 0.717) is 6.08 Å². The van der Waals surface area contributed by atoms with Gasteiger partial charge in [-0.25, -0.2) is 9.18 Å². The number of carboxylic acid groups (broad SMARTS) is 1. The van der Waals surface area contributed by atoms with Crippen LogP contribution >= 0.6 is 0 Å². The van der Waals surface area contributed by atoms with E-state index in [1.807, 2.05) is 0 Å². The van der Waals surface area contributed by atoms with Crippen LogP contribution in [-0.4, -0.2) is 17.7 Å². The maximum absolute atomic E-state index is 13.0. The van der Waals surface area contributed by atoms with Crippen molar-refractivity contribution in [1.29, 1.82) is 0 Å². The molecule has 0 radical (unpaired) electrons. The molecular weight excluding hydrogens is 237 g/mol. The summed E-state index contributed by atoms with van der Waals surface area (Å²) in [6.45, 7) is -1.67. The normalized spacial score (nSPS) is 11.1. The van der Waals surface area contributed by atoms with E-state index in [2.05, 4.69) is 4.74 Å². The highest BCUT2D eigenvalue weighted by molar-refractivity contribution is 5.86. The molecule has 0 atom stereocenters. The van der Waals surface area contributed by atoms with Crippen molar-refractivity contribution in [2.24, 2.45) is 0 Å². The highest BCUT2D eigenvalue weighted by Crippen LogP contribution is 2.27. The molecule has 92 valence electrons. The van der Waals surface area contributed by atoms with Crippen LogP contribution in [0.1, 0.15) is 11.1 Å². The number of alkyl halides is 2. The lowest BCUT2D eigenvalue weighted by molar-refractivity contribution is -0.131. The summed E-state index contributed by atoms with van der Waals surface area (Å²) < 4.78 is 41.5. The third-order valence-corrected chi connectivity index (χ3v) is 1.88. The fourth-order valence-corrected chi connectivity index (χ4v) is 1.29. The highest BCUT2D eigenvalue weighted by atomic mass is 19.3. The number of hydrogen-bond acceptors (Lipinski definition) is 2. The van der Waals surface area contributed by atoms with Gasteiger partial charge in [-0.2, -0.15) is 8.78 Å². The Morgan fingerprint density at radius 1 is 1.47 bits per heavy atom. The molecule has 0 fully saturated rings. The second kappa shape index (κ2) is 5.38. The number of rotatable bonds is 4. The third kappa shape index (κ3) is 3.82. The zero-order chi connectivity index (χ0) is 13.0. The fraction of sp³-hybridized carbons (Fsp3) is 0.182. The molecule has 0 aromatic heterocycles. The molecule has 0 aliphatic carbocycles. The Hall–Kier alpha value is -1.98. The van der Waals surface area contributed by atoms with Gasteiger partial charge < -0.3 is 9.84 Å². The van der Waals surface area contributed by atoms with E-state index in [4.69, 9.17) is 5.11 Å². The zero-order valence-corrected chi connectivity index (χ0v) is 8.78. The van der Waals surface area contributed by atoms with E-state index in [1.165, 1.54) is 6.92 Å². The first-order valence-electron chi connectivity index (χ1n) is 4.56. The van der Waals surface area contributed by atoms with Gasteiger partial charge in [0, 0.05) is 11.6 Å². The summed E-state index contributed by atoms with van der Waals surface area (Å²) in [5.74, 6) is -2.16. The van der Waals surface area contributed by atoms with Crippen LogP contribution in [0.4, 0.5) is 13.2 Å². The van der Waals surface area contributed by atoms with E-state index in [-0.39, 0.29) is 16.9 Å². The summed E-state index contributed by atoms with van der Waals surface area (Å²) in [5.41, 5.74) is 0.112. The lowest BCUT2D eigenvalue weighted by Crippen LogP contribution is -2.05. The van der Waals surface area contributed by atoms with Crippen LogP contribution in [0, 0.1) is 12.7 Å². The lowest BCUT2D eigenvalue weighted by Gasteiger charge is -2.11. The van der Waals surface area contributed by atoms with Crippen LogP contribution in [0.2, 0.25) is 0 Å². The van der Waals surface area contributed by atoms with Crippen molar-refractivity contribution < 1.29 is 27.8 Å². The summed E-state index contributed by atoms with van der Waals surface area (Å²) in [5, 5.41) is 8.42. The standard InChI is InChI=1S/C11H9F3O3/c1-6-4-8(12)5-7(2-3-9(15)16)10(6)17-11(13)14/h2-5,11H,1H3,(H,15,16)/b3-2+. The average molecular weight is 246 g/mol. The summed E-state index contributed by atoms with van der Waals surface area (Å²) in [6, 6.07) is 1.94. The second-order valence-electron chi connectivity index (χ2n) is 3.19. The van der Waals surface area contributed by atoms with Gasteiger partial charge in [-0.05, 0) is 30.7 Å². The molecular formula is C11H9F3O3. The first-order valence-corrected chi connectivity index (χ1v) is 4.56. The molecule has 1 aromatic carbocycles. The Labute approximate surface area is 95.1 Å². The van der Waals surface area contributed by atoms with Crippen molar-refractivity contribution >= 4 is 12.0 Å². The van der Waals surface area contributed by atoms with Crippen molar-refractivity contribution in [3.8, 4) is 5.75 Å². The molecule has 0 bridgehead atoms. The Kier molecular flexibility index (Phi) is 4.14. The Bertz CT molecular complexity index is 456. The summed E-state index contributed by atoms with van der Waals surface area (Å²) in [7, 11) is 0. The Balaban J connectivity index is 3.20. The van der Waals surface area contributed by atoms with Gasteiger partial charge in [0.25, 0.3) is 0 Å². The van der Waals surface area contributed by atoms with Gasteiger partial charge in [0.05, 0.1) is 0 Å². The predicted octanol–water partition coefficient (Wildman–Crippen LogP) is 2.83. The van der Waals surface area contributed by atoms with Gasteiger partial charge >= 0.3 is 12.6 Å². The fourth-order valence-electron chi connectivity index (χ4n) is 1.29. The van der Waals surface area contributed by atoms with E-state index in [1.54, 1.807) is 0 Å². The zero-order valence-electron chi connectivity index (χ0n) is 8.78. The molecule has 1 rings (SSSR count). The van der Waals surface area contributed by atoms with E-state index in [9.17, 15) is 18.0 Å². The van der Waals surface area contributed by atoms with Crippen LogP contribution in [0.15, 0.2) is 18.2 Å². The first-order chi connectivity index (χ1) is 7.90. The molecule has 0 saturated heterocycles. The minimum absolute atomic E-state index is 0.0507. The van der Waals surface area contributed by atoms with Crippen molar-refractivity contribution in [3.63, 3.8) is 0 Å². The van der Waals surface area contributed by atoms with Crippen LogP contribution in [0.25, 0.3) is 6.08 Å². The van der Waals surface area contributed by atoms with Crippen molar-refractivity contribution in [2.45, 2.75) is 13.5 Å². The van der Waals surface area contributed by atoms with E-state index in [0.717, 1.165) is 18.2 Å². The molecule has 0 amide bonds. The van der Waals surface area contributed by atoms with Gasteiger partial charge in [0.2, 0.25) is 0 Å². The molecule has 17 heavy (non-hydrogen) atoms. The first kappa shape index (κ1) is 13.1. The Morgan fingerprint density at radius 2 is 2.12 bits per heavy atom. The quantitative estimate of drug-likeness (QED) is 0.831. The third-order valence-electron chi connectivity index (χ3n) is 1.88. The smallest absolute Gasteiger partial charge is 0.387 e. The molecule has 6 heteroatoms. The highest BCUT2D eigenvalue weighted by Gasteiger charge is 2.12. The van der Waals surface area contributed by atoms with Gasteiger partial charge in [0.15, 0.2) is 0 Å². The van der Waals surface area contributed by atoms with Crippen molar-refractivity contribution in [2.75, 3.05) is 0 Å². The molecule has 3 nitrogen and oxygen atoms in total. The molecule has 0 aliphatic rings. The second-order valence-corrected chi connectivity index (χ2v) is 3.19. The van der Waals surface area contributed by atoms with Crippen molar-refractivity contribution in [1.82, 2.24) is 0 Å². The minimum atomic E-state index is -3.06. The van der Waals surface area contributed by atoms with Crippen molar-refractivity contribution in [3.05, 3.63) is 35.2 Å². The lowest BCUT2D eigenvalue weighted by atomic mass is 10.1. The maximum Gasteiger partial charge on any atom is 0.387 e. The molecule has 1 N–H and O–H groups in total. The molecule has 0 spiro atoms. The van der Waals surface area contributed by atoms with Gasteiger partial charge in [-0.1, -0.05) is 0 Å². The molecule has 0 heterocycles. The number of benzene rings is 1. The van der Waals surface area contributed by atoms with Gasteiger partial charge in [0.1, 0.15) is 11.6 Å². The number of carboxylic acids is 1. The number of halogens is 3. The number of ether oxygens (including phenoxy) is 1. The SMILES string of the molecule is Cc1cc(F)cc(/C=C/C(=O)O)c1OC(F)F. The predicted molar refractivity (Wildman–Crippen MR) is 54.4 cm³/mol.